The van der Waals surface area contributed by atoms with Crippen molar-refractivity contribution in [3.05, 3.63) is 72.9 Å². The van der Waals surface area contributed by atoms with Gasteiger partial charge >= 0.3 is 6.03 Å². The number of hydrogen-bond donors (Lipinski definition) is 2. The fraction of sp³-hybridized carbons (Fsp3) is 0.286. The van der Waals surface area contributed by atoms with Crippen molar-refractivity contribution < 1.29 is 9.21 Å². The van der Waals surface area contributed by atoms with Gasteiger partial charge in [0.25, 0.3) is 0 Å². The Balaban J connectivity index is 1.38. The number of amides is 2. The number of urea groups is 1. The summed E-state index contributed by atoms with van der Waals surface area (Å²) in [7, 11) is 0. The molecule has 1 aliphatic heterocycles. The zero-order valence-corrected chi connectivity index (χ0v) is 15.2. The molecule has 0 aliphatic carbocycles. The minimum Gasteiger partial charge on any atom is -0.468 e. The highest BCUT2D eigenvalue weighted by molar-refractivity contribution is 5.89. The Labute approximate surface area is 158 Å². The average Bonchev–Trinajstić information content (AvgIpc) is 3.45. The molecule has 6 nitrogen and oxygen atoms in total. The molecule has 2 amide bonds. The fourth-order valence-corrected chi connectivity index (χ4v) is 3.56. The number of aromatic nitrogens is 1. The van der Waals surface area contributed by atoms with Gasteiger partial charge in [0.1, 0.15) is 5.76 Å². The third kappa shape index (κ3) is 4.23. The van der Waals surface area contributed by atoms with E-state index in [-0.39, 0.29) is 12.1 Å². The lowest BCUT2D eigenvalue weighted by Gasteiger charge is -2.26. The minimum absolute atomic E-state index is 0.0689. The maximum Gasteiger partial charge on any atom is 0.319 e. The zero-order chi connectivity index (χ0) is 18.5. The molecule has 1 aromatic carbocycles. The largest absolute Gasteiger partial charge is 0.468 e. The summed E-state index contributed by atoms with van der Waals surface area (Å²) in [6.07, 6.45) is 8.02. The number of hydrogen-bond acceptors (Lipinski definition) is 3. The van der Waals surface area contributed by atoms with E-state index in [9.17, 15) is 4.79 Å². The second-order valence-electron chi connectivity index (χ2n) is 6.75. The van der Waals surface area contributed by atoms with Crippen LogP contribution in [0.2, 0.25) is 0 Å². The summed E-state index contributed by atoms with van der Waals surface area (Å²) in [5.74, 6) is 0.895. The van der Waals surface area contributed by atoms with Gasteiger partial charge in [-0.2, -0.15) is 0 Å². The maximum atomic E-state index is 12.4. The van der Waals surface area contributed by atoms with E-state index in [2.05, 4.69) is 15.5 Å². The zero-order valence-electron chi connectivity index (χ0n) is 15.2. The Hall–Kier alpha value is -2.99. The number of carbonyl (C=O) groups is 1. The Bertz CT molecular complexity index is 852. The third-order valence-electron chi connectivity index (χ3n) is 4.92. The standard InChI is InChI=1S/C21H24N4O2/c26-21(23-17-7-5-8-18(15-17)24-10-1-2-11-24)22-16-19(20-9-6-14-27-20)25-12-3-4-13-25/h1-2,5-11,14-15,19H,3-4,12-13,16H2,(H2,22,23,26). The average molecular weight is 364 g/mol. The van der Waals surface area contributed by atoms with Crippen LogP contribution in [-0.4, -0.2) is 35.1 Å². The summed E-state index contributed by atoms with van der Waals surface area (Å²) in [6.45, 7) is 2.58. The van der Waals surface area contributed by atoms with E-state index in [1.54, 1.807) is 6.26 Å². The molecule has 0 bridgehead atoms. The van der Waals surface area contributed by atoms with Crippen LogP contribution in [0.5, 0.6) is 0 Å². The van der Waals surface area contributed by atoms with Crippen LogP contribution in [0.3, 0.4) is 0 Å². The van der Waals surface area contributed by atoms with Crippen molar-refractivity contribution >= 4 is 11.7 Å². The molecule has 27 heavy (non-hydrogen) atoms. The van der Waals surface area contributed by atoms with Crippen LogP contribution in [0, 0.1) is 0 Å². The van der Waals surface area contributed by atoms with Gasteiger partial charge < -0.3 is 19.6 Å². The molecular weight excluding hydrogens is 340 g/mol. The number of anilines is 1. The van der Waals surface area contributed by atoms with Gasteiger partial charge in [-0.05, 0) is 68.4 Å². The molecule has 1 unspecified atom stereocenters. The Morgan fingerprint density at radius 3 is 2.63 bits per heavy atom. The highest BCUT2D eigenvalue weighted by Gasteiger charge is 2.25. The first kappa shape index (κ1) is 17.4. The summed E-state index contributed by atoms with van der Waals surface area (Å²) >= 11 is 0. The van der Waals surface area contributed by atoms with Crippen molar-refractivity contribution in [3.63, 3.8) is 0 Å². The molecule has 3 heterocycles. The number of rotatable bonds is 6. The van der Waals surface area contributed by atoms with E-state index in [1.807, 2.05) is 65.5 Å². The molecule has 1 atom stereocenters. The van der Waals surface area contributed by atoms with E-state index in [4.69, 9.17) is 4.42 Å². The molecule has 6 heteroatoms. The molecule has 140 valence electrons. The van der Waals surface area contributed by atoms with Gasteiger partial charge in [0.05, 0.1) is 12.3 Å². The van der Waals surface area contributed by atoms with Crippen molar-refractivity contribution in [3.8, 4) is 5.69 Å². The van der Waals surface area contributed by atoms with Crippen LogP contribution in [0.4, 0.5) is 10.5 Å². The first-order valence-corrected chi connectivity index (χ1v) is 9.35. The molecular formula is C21H24N4O2. The number of carbonyl (C=O) groups excluding carboxylic acids is 1. The molecule has 0 spiro atoms. The lowest BCUT2D eigenvalue weighted by molar-refractivity contribution is 0.207. The summed E-state index contributed by atoms with van der Waals surface area (Å²) in [5.41, 5.74) is 1.76. The van der Waals surface area contributed by atoms with Gasteiger partial charge in [0.2, 0.25) is 0 Å². The molecule has 3 aromatic rings. The van der Waals surface area contributed by atoms with E-state index in [1.165, 1.54) is 12.8 Å². The molecule has 2 N–H and O–H groups in total. The summed E-state index contributed by atoms with van der Waals surface area (Å²) in [6, 6.07) is 15.4. The van der Waals surface area contributed by atoms with E-state index in [0.29, 0.717) is 6.54 Å². The Morgan fingerprint density at radius 1 is 1.07 bits per heavy atom. The van der Waals surface area contributed by atoms with Crippen molar-refractivity contribution in [2.75, 3.05) is 25.0 Å². The molecule has 1 fully saturated rings. The van der Waals surface area contributed by atoms with Crippen molar-refractivity contribution in [1.29, 1.82) is 0 Å². The topological polar surface area (TPSA) is 62.4 Å². The van der Waals surface area contributed by atoms with Crippen molar-refractivity contribution in [2.24, 2.45) is 0 Å². The van der Waals surface area contributed by atoms with Crippen molar-refractivity contribution in [2.45, 2.75) is 18.9 Å². The van der Waals surface area contributed by atoms with Gasteiger partial charge in [0.15, 0.2) is 0 Å². The monoisotopic (exact) mass is 364 g/mol. The molecule has 4 rings (SSSR count). The predicted octanol–water partition coefficient (Wildman–Crippen LogP) is 4.03. The fourth-order valence-electron chi connectivity index (χ4n) is 3.56. The molecule has 1 aliphatic rings. The molecule has 2 aromatic heterocycles. The summed E-state index contributed by atoms with van der Waals surface area (Å²) in [5, 5.41) is 5.92. The van der Waals surface area contributed by atoms with Gasteiger partial charge in [-0.3, -0.25) is 4.90 Å². The smallest absolute Gasteiger partial charge is 0.319 e. The van der Waals surface area contributed by atoms with Crippen LogP contribution in [0.1, 0.15) is 24.6 Å². The SMILES string of the molecule is O=C(NCC(c1ccco1)N1CCCC1)Nc1cccc(-n2cccc2)c1. The van der Waals surface area contributed by atoms with E-state index < -0.39 is 0 Å². The van der Waals surface area contributed by atoms with Gasteiger partial charge in [-0.1, -0.05) is 6.07 Å². The van der Waals surface area contributed by atoms with Crippen molar-refractivity contribution in [1.82, 2.24) is 14.8 Å². The van der Waals surface area contributed by atoms with E-state index in [0.717, 1.165) is 30.2 Å². The van der Waals surface area contributed by atoms with Gasteiger partial charge in [0, 0.05) is 30.3 Å². The number of benzene rings is 1. The lowest BCUT2D eigenvalue weighted by atomic mass is 10.2. The number of likely N-dealkylation sites (tertiary alicyclic amines) is 1. The van der Waals surface area contributed by atoms with Crippen LogP contribution in [-0.2, 0) is 0 Å². The quantitative estimate of drug-likeness (QED) is 0.694. The van der Waals surface area contributed by atoms with Crippen LogP contribution < -0.4 is 10.6 Å². The summed E-state index contributed by atoms with van der Waals surface area (Å²) < 4.78 is 7.60. The number of nitrogens with one attached hydrogen (secondary N) is 2. The second-order valence-corrected chi connectivity index (χ2v) is 6.75. The minimum atomic E-state index is -0.213. The maximum absolute atomic E-state index is 12.4. The first-order chi connectivity index (χ1) is 13.3. The van der Waals surface area contributed by atoms with Crippen LogP contribution in [0.15, 0.2) is 71.6 Å². The molecule has 1 saturated heterocycles. The number of furan rings is 1. The summed E-state index contributed by atoms with van der Waals surface area (Å²) in [4.78, 5) is 14.8. The predicted molar refractivity (Wildman–Crippen MR) is 105 cm³/mol. The lowest BCUT2D eigenvalue weighted by Crippen LogP contribution is -2.38. The Morgan fingerprint density at radius 2 is 1.89 bits per heavy atom. The highest BCUT2D eigenvalue weighted by atomic mass is 16.3. The van der Waals surface area contributed by atoms with Crippen LogP contribution >= 0.6 is 0 Å². The normalized spacial score (nSPS) is 15.6. The van der Waals surface area contributed by atoms with Crippen LogP contribution in [0.25, 0.3) is 5.69 Å². The second kappa shape index (κ2) is 8.14. The van der Waals surface area contributed by atoms with Gasteiger partial charge in [-0.15, -0.1) is 0 Å². The third-order valence-corrected chi connectivity index (χ3v) is 4.92. The molecule has 0 saturated carbocycles. The highest BCUT2D eigenvalue weighted by Crippen LogP contribution is 2.25. The van der Waals surface area contributed by atoms with Gasteiger partial charge in [-0.25, -0.2) is 4.79 Å². The first-order valence-electron chi connectivity index (χ1n) is 9.35. The number of nitrogens with zero attached hydrogens (tertiary/aromatic N) is 2. The Kier molecular flexibility index (Phi) is 5.25. The molecule has 0 radical (unpaired) electrons. The van der Waals surface area contributed by atoms with E-state index >= 15 is 0 Å².